The molecule has 2 N–H and O–H groups in total. The van der Waals surface area contributed by atoms with E-state index < -0.39 is 0 Å². The predicted molar refractivity (Wildman–Crippen MR) is 67.2 cm³/mol. The molecule has 0 amide bonds. The van der Waals surface area contributed by atoms with Crippen LogP contribution in [-0.4, -0.2) is 4.98 Å². The lowest BCUT2D eigenvalue weighted by Gasteiger charge is -2.16. The minimum atomic E-state index is 0.385. The van der Waals surface area contributed by atoms with Crippen molar-refractivity contribution < 1.29 is 0 Å². The Morgan fingerprint density at radius 2 is 2.06 bits per heavy atom. The number of hydrogen-bond acceptors (Lipinski definition) is 1. The first-order chi connectivity index (χ1) is 7.77. The zero-order valence-corrected chi connectivity index (χ0v) is 9.83. The summed E-state index contributed by atoms with van der Waals surface area (Å²) < 4.78 is 0. The van der Waals surface area contributed by atoms with E-state index in [0.29, 0.717) is 6.04 Å². The van der Waals surface area contributed by atoms with E-state index in [4.69, 9.17) is 0 Å². The van der Waals surface area contributed by atoms with Crippen LogP contribution in [-0.2, 0) is 6.54 Å². The molecule has 1 aromatic carbocycles. The zero-order valence-electron chi connectivity index (χ0n) is 9.83. The highest BCUT2D eigenvalue weighted by atomic mass is 14.9. The molecule has 2 aromatic rings. The fourth-order valence-electron chi connectivity index (χ4n) is 1.92. The molecule has 0 aliphatic carbocycles. The topological polar surface area (TPSA) is 27.8 Å². The van der Waals surface area contributed by atoms with Crippen LogP contribution >= 0.6 is 0 Å². The summed E-state index contributed by atoms with van der Waals surface area (Å²) in [5.74, 6) is 0. The van der Waals surface area contributed by atoms with Gasteiger partial charge >= 0.3 is 0 Å². The van der Waals surface area contributed by atoms with Crippen molar-refractivity contribution in [2.75, 3.05) is 0 Å². The Morgan fingerprint density at radius 1 is 1.25 bits per heavy atom. The maximum Gasteiger partial charge on any atom is 0.0297 e. The Balaban J connectivity index is 1.98. The first-order valence-electron chi connectivity index (χ1n) is 5.68. The molecule has 0 spiro atoms. The molecule has 0 aliphatic rings. The van der Waals surface area contributed by atoms with Gasteiger partial charge in [0.2, 0.25) is 0 Å². The molecule has 2 rings (SSSR count). The van der Waals surface area contributed by atoms with Crippen LogP contribution in [0, 0.1) is 6.92 Å². The van der Waals surface area contributed by atoms with Crippen LogP contribution < -0.4 is 5.32 Å². The summed E-state index contributed by atoms with van der Waals surface area (Å²) in [7, 11) is 0. The van der Waals surface area contributed by atoms with Crippen LogP contribution in [0.3, 0.4) is 0 Å². The Labute approximate surface area is 96.7 Å². The highest BCUT2D eigenvalue weighted by Crippen LogP contribution is 2.16. The van der Waals surface area contributed by atoms with E-state index in [2.05, 4.69) is 54.5 Å². The number of aromatic nitrogens is 1. The molecule has 0 unspecified atom stereocenters. The monoisotopic (exact) mass is 214 g/mol. The summed E-state index contributed by atoms with van der Waals surface area (Å²) in [5, 5.41) is 3.52. The molecule has 0 bridgehead atoms. The maximum absolute atomic E-state index is 3.52. The van der Waals surface area contributed by atoms with E-state index in [0.717, 1.165) is 6.54 Å². The molecular formula is C14H18N2. The van der Waals surface area contributed by atoms with Crippen molar-refractivity contribution in [1.29, 1.82) is 0 Å². The largest absolute Gasteiger partial charge is 0.367 e. The van der Waals surface area contributed by atoms with Gasteiger partial charge in [-0.2, -0.15) is 0 Å². The number of rotatable bonds is 4. The quantitative estimate of drug-likeness (QED) is 0.803. The van der Waals surface area contributed by atoms with Crippen LogP contribution in [0.25, 0.3) is 0 Å². The smallest absolute Gasteiger partial charge is 0.0297 e. The Morgan fingerprint density at radius 3 is 2.75 bits per heavy atom. The molecule has 0 radical (unpaired) electrons. The molecule has 1 aromatic heterocycles. The molecule has 0 aliphatic heterocycles. The lowest BCUT2D eigenvalue weighted by molar-refractivity contribution is 0.572. The number of aryl methyl sites for hydroxylation is 1. The summed E-state index contributed by atoms with van der Waals surface area (Å²) in [6, 6.07) is 11.0. The number of nitrogens with one attached hydrogen (secondary N) is 2. The lowest BCUT2D eigenvalue weighted by atomic mass is 10.0. The van der Waals surface area contributed by atoms with Gasteiger partial charge in [-0.25, -0.2) is 0 Å². The normalized spacial score (nSPS) is 12.6. The van der Waals surface area contributed by atoms with Crippen LogP contribution in [0.4, 0.5) is 0 Å². The Kier molecular flexibility index (Phi) is 3.42. The van der Waals surface area contributed by atoms with Gasteiger partial charge in [0.15, 0.2) is 0 Å². The van der Waals surface area contributed by atoms with Gasteiger partial charge in [0.1, 0.15) is 0 Å². The average Bonchev–Trinajstić information content (AvgIpc) is 2.79. The molecular weight excluding hydrogens is 196 g/mol. The Hall–Kier alpha value is -1.54. The van der Waals surface area contributed by atoms with Crippen molar-refractivity contribution in [3.8, 4) is 0 Å². The van der Waals surface area contributed by atoms with E-state index in [1.54, 1.807) is 0 Å². The van der Waals surface area contributed by atoms with Crippen molar-refractivity contribution in [1.82, 2.24) is 10.3 Å². The van der Waals surface area contributed by atoms with Gasteiger partial charge in [-0.15, -0.1) is 0 Å². The molecule has 0 saturated heterocycles. The highest BCUT2D eigenvalue weighted by molar-refractivity contribution is 5.28. The summed E-state index contributed by atoms with van der Waals surface area (Å²) in [5.41, 5.74) is 4.01. The minimum absolute atomic E-state index is 0.385. The number of H-pyrrole nitrogens is 1. The molecule has 16 heavy (non-hydrogen) atoms. The second-order valence-corrected chi connectivity index (χ2v) is 4.18. The Bertz CT molecular complexity index is 432. The third kappa shape index (κ3) is 2.52. The SMILES string of the molecule is Cc1ccccc1[C@@H](C)NCc1cc[nH]c1. The summed E-state index contributed by atoms with van der Waals surface area (Å²) >= 11 is 0. The van der Waals surface area contributed by atoms with E-state index in [1.807, 2.05) is 12.4 Å². The lowest BCUT2D eigenvalue weighted by Crippen LogP contribution is -2.18. The van der Waals surface area contributed by atoms with Gasteiger partial charge < -0.3 is 10.3 Å². The molecule has 2 heteroatoms. The van der Waals surface area contributed by atoms with Gasteiger partial charge in [-0.05, 0) is 36.6 Å². The van der Waals surface area contributed by atoms with Gasteiger partial charge in [-0.1, -0.05) is 24.3 Å². The fourth-order valence-corrected chi connectivity index (χ4v) is 1.92. The van der Waals surface area contributed by atoms with Crippen molar-refractivity contribution >= 4 is 0 Å². The third-order valence-corrected chi connectivity index (χ3v) is 2.93. The minimum Gasteiger partial charge on any atom is -0.367 e. The molecule has 1 atom stereocenters. The number of benzene rings is 1. The predicted octanol–water partition coefficient (Wildman–Crippen LogP) is 3.17. The zero-order chi connectivity index (χ0) is 11.4. The maximum atomic E-state index is 3.52. The first kappa shape index (κ1) is 11.0. The number of hydrogen-bond donors (Lipinski definition) is 2. The summed E-state index contributed by atoms with van der Waals surface area (Å²) in [4.78, 5) is 3.06. The van der Waals surface area contributed by atoms with Crippen LogP contribution in [0.5, 0.6) is 0 Å². The van der Waals surface area contributed by atoms with E-state index in [-0.39, 0.29) is 0 Å². The molecule has 0 saturated carbocycles. The van der Waals surface area contributed by atoms with Gasteiger partial charge in [0.25, 0.3) is 0 Å². The molecule has 84 valence electrons. The second-order valence-electron chi connectivity index (χ2n) is 4.18. The summed E-state index contributed by atoms with van der Waals surface area (Å²) in [6.45, 7) is 5.26. The first-order valence-corrected chi connectivity index (χ1v) is 5.68. The van der Waals surface area contributed by atoms with Crippen molar-refractivity contribution in [3.63, 3.8) is 0 Å². The van der Waals surface area contributed by atoms with Gasteiger partial charge in [0.05, 0.1) is 0 Å². The number of aromatic amines is 1. The van der Waals surface area contributed by atoms with Crippen LogP contribution in [0.1, 0.15) is 29.7 Å². The van der Waals surface area contributed by atoms with Gasteiger partial charge in [0, 0.05) is 25.0 Å². The standard InChI is InChI=1S/C14H18N2/c1-11-5-3-4-6-14(11)12(2)16-10-13-7-8-15-9-13/h3-9,12,15-16H,10H2,1-2H3/t12-/m1/s1. The molecule has 2 nitrogen and oxygen atoms in total. The van der Waals surface area contributed by atoms with E-state index >= 15 is 0 Å². The summed E-state index contributed by atoms with van der Waals surface area (Å²) in [6.07, 6.45) is 3.98. The highest BCUT2D eigenvalue weighted by Gasteiger charge is 2.06. The third-order valence-electron chi connectivity index (χ3n) is 2.93. The molecule has 0 fully saturated rings. The van der Waals surface area contributed by atoms with Crippen LogP contribution in [0.2, 0.25) is 0 Å². The van der Waals surface area contributed by atoms with Gasteiger partial charge in [-0.3, -0.25) is 0 Å². The van der Waals surface area contributed by atoms with E-state index in [1.165, 1.54) is 16.7 Å². The van der Waals surface area contributed by atoms with Crippen LogP contribution in [0.15, 0.2) is 42.7 Å². The molecule has 1 heterocycles. The van der Waals surface area contributed by atoms with Crippen molar-refractivity contribution in [2.24, 2.45) is 0 Å². The van der Waals surface area contributed by atoms with Crippen molar-refractivity contribution in [2.45, 2.75) is 26.4 Å². The van der Waals surface area contributed by atoms with E-state index in [9.17, 15) is 0 Å². The fraction of sp³-hybridized carbons (Fsp3) is 0.286. The second kappa shape index (κ2) is 4.99. The average molecular weight is 214 g/mol. The van der Waals surface area contributed by atoms with Crippen molar-refractivity contribution in [3.05, 3.63) is 59.4 Å².